The molecular weight excluding hydrogens is 316 g/mol. The van der Waals surface area contributed by atoms with Crippen LogP contribution in [-0.2, 0) is 4.79 Å². The van der Waals surface area contributed by atoms with Crippen molar-refractivity contribution in [3.63, 3.8) is 0 Å². The maximum absolute atomic E-state index is 12.0. The normalized spacial score (nSPS) is 10.5. The molecule has 1 heterocycles. The molecule has 2 aromatic rings. The molecule has 1 amide bonds. The Kier molecular flexibility index (Phi) is 6.21. The van der Waals surface area contributed by atoms with Crippen molar-refractivity contribution in [2.24, 2.45) is 0 Å². The molecule has 0 unspecified atom stereocenters. The van der Waals surface area contributed by atoms with E-state index in [0.29, 0.717) is 5.75 Å². The molecule has 1 aromatic heterocycles. The summed E-state index contributed by atoms with van der Waals surface area (Å²) in [6.07, 6.45) is 1.04. The lowest BCUT2D eigenvalue weighted by atomic mass is 10.1. The Balaban J connectivity index is 1.83. The monoisotopic (exact) mass is 336 g/mol. The molecule has 0 aliphatic carbocycles. The van der Waals surface area contributed by atoms with E-state index in [1.54, 1.807) is 0 Å². The minimum absolute atomic E-state index is 0.0340. The Bertz CT molecular complexity index is 622. The predicted octanol–water partition coefficient (Wildman–Crippen LogP) is 3.71. The lowest BCUT2D eigenvalue weighted by Gasteiger charge is -2.06. The molecule has 2 rings (SSSR count). The van der Waals surface area contributed by atoms with Gasteiger partial charge in [0.2, 0.25) is 11.0 Å². The SMILES string of the molecule is CCCNc1nnc(SCC(=O)Nc2cc(C)cc(C)c2)s1. The van der Waals surface area contributed by atoms with Crippen molar-refractivity contribution in [3.8, 4) is 0 Å². The molecule has 7 heteroatoms. The molecule has 22 heavy (non-hydrogen) atoms. The second-order valence-electron chi connectivity index (χ2n) is 5.01. The maximum atomic E-state index is 12.0. The van der Waals surface area contributed by atoms with Gasteiger partial charge in [-0.2, -0.15) is 0 Å². The van der Waals surface area contributed by atoms with Crippen molar-refractivity contribution in [1.29, 1.82) is 0 Å². The van der Waals surface area contributed by atoms with E-state index in [4.69, 9.17) is 0 Å². The van der Waals surface area contributed by atoms with Gasteiger partial charge in [0.25, 0.3) is 0 Å². The molecule has 0 saturated carbocycles. The predicted molar refractivity (Wildman–Crippen MR) is 94.0 cm³/mol. The zero-order chi connectivity index (χ0) is 15.9. The Morgan fingerprint density at radius 3 is 2.64 bits per heavy atom. The molecule has 1 aromatic carbocycles. The number of benzene rings is 1. The zero-order valence-electron chi connectivity index (χ0n) is 13.0. The standard InChI is InChI=1S/C15H20N4OS2/c1-4-5-16-14-18-19-15(22-14)21-9-13(20)17-12-7-10(2)6-11(3)8-12/h6-8H,4-5,9H2,1-3H3,(H,16,18)(H,17,20). The van der Waals surface area contributed by atoms with Crippen molar-refractivity contribution in [3.05, 3.63) is 29.3 Å². The van der Waals surface area contributed by atoms with Crippen LogP contribution in [0.25, 0.3) is 0 Å². The Morgan fingerprint density at radius 2 is 1.95 bits per heavy atom. The molecule has 2 N–H and O–H groups in total. The molecule has 118 valence electrons. The van der Waals surface area contributed by atoms with Crippen LogP contribution in [0, 0.1) is 13.8 Å². The first-order valence-corrected chi connectivity index (χ1v) is 8.95. The van der Waals surface area contributed by atoms with Crippen molar-refractivity contribution in [1.82, 2.24) is 10.2 Å². The van der Waals surface area contributed by atoms with E-state index in [1.807, 2.05) is 26.0 Å². The number of nitrogens with one attached hydrogen (secondary N) is 2. The number of carbonyl (C=O) groups excluding carboxylic acids is 1. The molecule has 0 aliphatic rings. The number of aryl methyl sites for hydroxylation is 2. The fourth-order valence-corrected chi connectivity index (χ4v) is 3.52. The van der Waals surface area contributed by atoms with E-state index in [-0.39, 0.29) is 5.91 Å². The Labute approximate surface area is 138 Å². The van der Waals surface area contributed by atoms with Gasteiger partial charge in [-0.05, 0) is 43.5 Å². The highest BCUT2D eigenvalue weighted by Crippen LogP contribution is 2.25. The van der Waals surface area contributed by atoms with Crippen molar-refractivity contribution in [2.75, 3.05) is 22.9 Å². The Hall–Kier alpha value is -1.60. The lowest BCUT2D eigenvalue weighted by Crippen LogP contribution is -2.14. The lowest BCUT2D eigenvalue weighted by molar-refractivity contribution is -0.113. The highest BCUT2D eigenvalue weighted by molar-refractivity contribution is 8.01. The van der Waals surface area contributed by atoms with E-state index >= 15 is 0 Å². The number of nitrogens with zero attached hydrogens (tertiary/aromatic N) is 2. The van der Waals surface area contributed by atoms with Crippen LogP contribution in [0.2, 0.25) is 0 Å². The second-order valence-corrected chi connectivity index (χ2v) is 7.21. The summed E-state index contributed by atoms with van der Waals surface area (Å²) in [5, 5.41) is 15.0. The number of amides is 1. The first-order chi connectivity index (χ1) is 10.6. The molecule has 0 radical (unpaired) electrons. The molecule has 0 saturated heterocycles. The van der Waals surface area contributed by atoms with Crippen LogP contribution < -0.4 is 10.6 Å². The average molecular weight is 336 g/mol. The van der Waals surface area contributed by atoms with Crippen LogP contribution in [0.15, 0.2) is 22.5 Å². The number of carbonyl (C=O) groups is 1. The number of hydrogen-bond acceptors (Lipinski definition) is 6. The van der Waals surface area contributed by atoms with Crippen molar-refractivity contribution < 1.29 is 4.79 Å². The fraction of sp³-hybridized carbons (Fsp3) is 0.400. The van der Waals surface area contributed by atoms with Gasteiger partial charge in [-0.15, -0.1) is 10.2 Å². The van der Waals surface area contributed by atoms with Crippen LogP contribution in [0.5, 0.6) is 0 Å². The van der Waals surface area contributed by atoms with Gasteiger partial charge in [-0.1, -0.05) is 36.1 Å². The summed E-state index contributed by atoms with van der Waals surface area (Å²) in [6.45, 7) is 7.01. The van der Waals surface area contributed by atoms with Gasteiger partial charge in [-0.3, -0.25) is 4.79 Å². The van der Waals surface area contributed by atoms with Crippen LogP contribution in [0.1, 0.15) is 24.5 Å². The summed E-state index contributed by atoms with van der Waals surface area (Å²) in [6, 6.07) is 6.01. The summed E-state index contributed by atoms with van der Waals surface area (Å²) in [5.74, 6) is 0.295. The van der Waals surface area contributed by atoms with Crippen molar-refractivity contribution in [2.45, 2.75) is 31.5 Å². The molecule has 5 nitrogen and oxygen atoms in total. The molecule has 0 bridgehead atoms. The van der Waals surface area contributed by atoms with Crippen LogP contribution in [-0.4, -0.2) is 28.4 Å². The van der Waals surface area contributed by atoms with Gasteiger partial charge >= 0.3 is 0 Å². The van der Waals surface area contributed by atoms with Gasteiger partial charge in [0.15, 0.2) is 4.34 Å². The molecule has 0 spiro atoms. The van der Waals surface area contributed by atoms with Crippen LogP contribution in [0.4, 0.5) is 10.8 Å². The van der Waals surface area contributed by atoms with Crippen molar-refractivity contribution >= 4 is 39.8 Å². The third-order valence-corrected chi connectivity index (χ3v) is 4.78. The first kappa shape index (κ1) is 16.8. The number of anilines is 2. The smallest absolute Gasteiger partial charge is 0.234 e. The molecular formula is C15H20N4OS2. The molecule has 0 aliphatic heterocycles. The minimum Gasteiger partial charge on any atom is -0.360 e. The third-order valence-electron chi connectivity index (χ3n) is 2.76. The molecule has 0 fully saturated rings. The van der Waals surface area contributed by atoms with Gasteiger partial charge in [-0.25, -0.2) is 0 Å². The van der Waals surface area contributed by atoms with Gasteiger partial charge < -0.3 is 10.6 Å². The first-order valence-electron chi connectivity index (χ1n) is 7.15. The van der Waals surface area contributed by atoms with Gasteiger partial charge in [0.1, 0.15) is 0 Å². The van der Waals surface area contributed by atoms with Gasteiger partial charge in [0.05, 0.1) is 5.75 Å². The second kappa shape index (κ2) is 8.14. The summed E-state index contributed by atoms with van der Waals surface area (Å²) < 4.78 is 0.800. The fourth-order valence-electron chi connectivity index (χ4n) is 1.94. The van der Waals surface area contributed by atoms with Gasteiger partial charge in [0, 0.05) is 12.2 Å². The van der Waals surface area contributed by atoms with Crippen LogP contribution in [0.3, 0.4) is 0 Å². The minimum atomic E-state index is -0.0340. The van der Waals surface area contributed by atoms with E-state index in [0.717, 1.165) is 39.3 Å². The number of thioether (sulfide) groups is 1. The zero-order valence-corrected chi connectivity index (χ0v) is 14.6. The maximum Gasteiger partial charge on any atom is 0.234 e. The van der Waals surface area contributed by atoms with E-state index in [2.05, 4.69) is 33.8 Å². The summed E-state index contributed by atoms with van der Waals surface area (Å²) in [4.78, 5) is 12.0. The topological polar surface area (TPSA) is 66.9 Å². The quantitative estimate of drug-likeness (QED) is 0.755. The number of hydrogen-bond donors (Lipinski definition) is 2. The third kappa shape index (κ3) is 5.31. The average Bonchev–Trinajstić information content (AvgIpc) is 2.89. The van der Waals surface area contributed by atoms with E-state index in [1.165, 1.54) is 23.1 Å². The highest BCUT2D eigenvalue weighted by Gasteiger charge is 2.08. The number of rotatable bonds is 7. The largest absolute Gasteiger partial charge is 0.360 e. The molecule has 0 atom stereocenters. The van der Waals surface area contributed by atoms with E-state index in [9.17, 15) is 4.79 Å². The summed E-state index contributed by atoms with van der Waals surface area (Å²) >= 11 is 2.88. The summed E-state index contributed by atoms with van der Waals surface area (Å²) in [7, 11) is 0. The highest BCUT2D eigenvalue weighted by atomic mass is 32.2. The summed E-state index contributed by atoms with van der Waals surface area (Å²) in [5.41, 5.74) is 3.11. The van der Waals surface area contributed by atoms with E-state index < -0.39 is 0 Å². The Morgan fingerprint density at radius 1 is 1.23 bits per heavy atom. The number of aromatic nitrogens is 2. The van der Waals surface area contributed by atoms with Crippen LogP contribution >= 0.6 is 23.1 Å².